The van der Waals surface area contributed by atoms with E-state index in [0.717, 1.165) is 23.4 Å². The SMILES string of the molecule is CC.Cc1ccccc1C.NCc1cccc(-c2cccc(C3Nc4ccccc4C(c4cccc(-c5ccccc5)c4)N3)c2)c1.Nc1ccccc1Cc1cccc(-c2ccccc2)c1. The third-order valence-electron chi connectivity index (χ3n) is 11.9. The van der Waals surface area contributed by atoms with Gasteiger partial charge in [0.05, 0.1) is 6.04 Å². The summed E-state index contributed by atoms with van der Waals surface area (Å²) in [5.74, 6) is 0. The van der Waals surface area contributed by atoms with Crippen molar-refractivity contribution in [1.29, 1.82) is 0 Å². The molecular weight excluding hydrogens is 801 g/mol. The Balaban J connectivity index is 0.000000180. The van der Waals surface area contributed by atoms with Gasteiger partial charge >= 0.3 is 0 Å². The number of rotatable bonds is 8. The lowest BCUT2D eigenvalue weighted by Gasteiger charge is -2.35. The minimum Gasteiger partial charge on any atom is -0.398 e. The molecule has 4 heteroatoms. The van der Waals surface area contributed by atoms with Gasteiger partial charge < -0.3 is 16.8 Å². The molecule has 0 bridgehead atoms. The summed E-state index contributed by atoms with van der Waals surface area (Å²) < 4.78 is 0. The molecule has 0 aliphatic carbocycles. The Morgan fingerprint density at radius 3 is 1.50 bits per heavy atom. The predicted octanol–water partition coefficient (Wildman–Crippen LogP) is 15.1. The van der Waals surface area contributed by atoms with Crippen molar-refractivity contribution in [3.8, 4) is 33.4 Å². The Bertz CT molecular complexity index is 2880. The number of hydrogen-bond acceptors (Lipinski definition) is 4. The molecule has 1 heterocycles. The van der Waals surface area contributed by atoms with Gasteiger partial charge in [0.25, 0.3) is 0 Å². The van der Waals surface area contributed by atoms with E-state index in [-0.39, 0.29) is 12.2 Å². The standard InChI is InChI=1S/C33H29N3.C19H17N.C8H10.C2H6/c34-22-23-9-6-12-25(19-23)27-14-8-16-29(21-27)33-35-31-18-5-4-17-30(31)32(36-33)28-15-7-13-26(20-28)24-10-2-1-3-11-24;20-19-12-5-4-10-18(19)14-15-7-6-11-17(13-15)16-8-2-1-3-9-16;1-7-5-3-4-6-8(7)2;1-2/h1-21,32-33,35-36H,22,34H2;1-13H,14,20H2;3-6H,1-2H3;1-2H3. The average molecular weight is 863 g/mol. The summed E-state index contributed by atoms with van der Waals surface area (Å²) in [7, 11) is 0. The first kappa shape index (κ1) is 46.5. The maximum atomic E-state index is 6.02. The van der Waals surface area contributed by atoms with E-state index < -0.39 is 0 Å². The second kappa shape index (κ2) is 23.4. The van der Waals surface area contributed by atoms with Gasteiger partial charge in [0.1, 0.15) is 6.17 Å². The molecule has 0 fully saturated rings. The Morgan fingerprint density at radius 1 is 0.424 bits per heavy atom. The minimum absolute atomic E-state index is 0.0251. The molecular formula is C62H62N4. The molecule has 330 valence electrons. The van der Waals surface area contributed by atoms with Crippen molar-refractivity contribution in [3.05, 3.63) is 275 Å². The molecule has 2 atom stereocenters. The molecule has 66 heavy (non-hydrogen) atoms. The molecule has 1 aliphatic rings. The molecule has 2 unspecified atom stereocenters. The lowest BCUT2D eigenvalue weighted by molar-refractivity contribution is 0.506. The van der Waals surface area contributed by atoms with E-state index in [1.807, 2.05) is 38.1 Å². The summed E-state index contributed by atoms with van der Waals surface area (Å²) in [5, 5.41) is 7.62. The first-order valence-electron chi connectivity index (χ1n) is 23.1. The molecule has 0 spiro atoms. The van der Waals surface area contributed by atoms with Crippen LogP contribution in [0.3, 0.4) is 0 Å². The Morgan fingerprint density at radius 2 is 0.879 bits per heavy atom. The highest BCUT2D eigenvalue weighted by molar-refractivity contribution is 5.68. The smallest absolute Gasteiger partial charge is 0.104 e. The van der Waals surface area contributed by atoms with E-state index in [4.69, 9.17) is 11.5 Å². The van der Waals surface area contributed by atoms with E-state index in [1.54, 1.807) is 0 Å². The molecule has 6 N–H and O–H groups in total. The highest BCUT2D eigenvalue weighted by Crippen LogP contribution is 2.38. The van der Waals surface area contributed by atoms with E-state index in [9.17, 15) is 0 Å². The van der Waals surface area contributed by atoms with Crippen molar-refractivity contribution in [2.45, 2.75) is 52.9 Å². The van der Waals surface area contributed by atoms with Crippen molar-refractivity contribution < 1.29 is 0 Å². The fourth-order valence-corrected chi connectivity index (χ4v) is 8.16. The van der Waals surface area contributed by atoms with Crippen LogP contribution in [0.25, 0.3) is 33.4 Å². The number of fused-ring (bicyclic) bond motifs is 1. The largest absolute Gasteiger partial charge is 0.398 e. The molecule has 0 radical (unpaired) electrons. The van der Waals surface area contributed by atoms with Crippen LogP contribution in [0.15, 0.2) is 231 Å². The summed E-state index contributed by atoms with van der Waals surface area (Å²) in [4.78, 5) is 0. The van der Waals surface area contributed by atoms with Crippen LogP contribution in [0, 0.1) is 13.8 Å². The van der Waals surface area contributed by atoms with Crippen molar-refractivity contribution >= 4 is 11.4 Å². The highest BCUT2D eigenvalue weighted by atomic mass is 15.2. The molecule has 9 aromatic carbocycles. The normalized spacial score (nSPS) is 13.5. The van der Waals surface area contributed by atoms with E-state index in [1.165, 1.54) is 72.3 Å². The van der Waals surface area contributed by atoms with Gasteiger partial charge in [-0.25, -0.2) is 0 Å². The second-order valence-corrected chi connectivity index (χ2v) is 16.3. The second-order valence-electron chi connectivity index (χ2n) is 16.3. The summed E-state index contributed by atoms with van der Waals surface area (Å²) in [5.41, 5.74) is 31.3. The monoisotopic (exact) mass is 862 g/mol. The zero-order valence-electron chi connectivity index (χ0n) is 38.7. The molecule has 9 aromatic rings. The zero-order valence-corrected chi connectivity index (χ0v) is 38.7. The predicted molar refractivity (Wildman–Crippen MR) is 282 cm³/mol. The number of para-hydroxylation sites is 2. The summed E-state index contributed by atoms with van der Waals surface area (Å²) in [6.45, 7) is 8.78. The van der Waals surface area contributed by atoms with Crippen LogP contribution in [0.2, 0.25) is 0 Å². The van der Waals surface area contributed by atoms with E-state index >= 15 is 0 Å². The Labute approximate surface area is 393 Å². The van der Waals surface area contributed by atoms with Gasteiger partial charge in [-0.15, -0.1) is 0 Å². The van der Waals surface area contributed by atoms with Crippen LogP contribution in [0.4, 0.5) is 11.4 Å². The molecule has 10 rings (SSSR count). The van der Waals surface area contributed by atoms with Gasteiger partial charge in [0.15, 0.2) is 0 Å². The van der Waals surface area contributed by atoms with Crippen LogP contribution in [0.1, 0.15) is 70.6 Å². The van der Waals surface area contributed by atoms with Crippen LogP contribution < -0.4 is 22.1 Å². The van der Waals surface area contributed by atoms with Crippen molar-refractivity contribution in [2.75, 3.05) is 11.1 Å². The minimum atomic E-state index is -0.0251. The number of nitrogen functional groups attached to an aromatic ring is 1. The fourth-order valence-electron chi connectivity index (χ4n) is 8.16. The third-order valence-corrected chi connectivity index (χ3v) is 11.9. The maximum Gasteiger partial charge on any atom is 0.104 e. The number of benzene rings is 9. The number of aryl methyl sites for hydroxylation is 2. The molecule has 0 aromatic heterocycles. The van der Waals surface area contributed by atoms with Crippen molar-refractivity contribution in [1.82, 2.24) is 5.32 Å². The van der Waals surface area contributed by atoms with Crippen molar-refractivity contribution in [2.24, 2.45) is 5.73 Å². The Hall–Kier alpha value is -7.50. The first-order valence-corrected chi connectivity index (χ1v) is 23.1. The molecule has 0 amide bonds. The van der Waals surface area contributed by atoms with Crippen LogP contribution in [0.5, 0.6) is 0 Å². The van der Waals surface area contributed by atoms with E-state index in [2.05, 4.69) is 231 Å². The average Bonchev–Trinajstić information content (AvgIpc) is 3.39. The lowest BCUT2D eigenvalue weighted by Crippen LogP contribution is -2.37. The topological polar surface area (TPSA) is 76.1 Å². The van der Waals surface area contributed by atoms with Gasteiger partial charge in [-0.1, -0.05) is 214 Å². The fraction of sp³-hybridized carbons (Fsp3) is 0.129. The number of nitrogens with two attached hydrogens (primary N) is 2. The maximum absolute atomic E-state index is 6.02. The van der Waals surface area contributed by atoms with Gasteiger partial charge in [-0.3, -0.25) is 5.32 Å². The summed E-state index contributed by atoms with van der Waals surface area (Å²) >= 11 is 0. The van der Waals surface area contributed by atoms with Crippen molar-refractivity contribution in [3.63, 3.8) is 0 Å². The van der Waals surface area contributed by atoms with Gasteiger partial charge in [0.2, 0.25) is 0 Å². The van der Waals surface area contributed by atoms with E-state index in [0.29, 0.717) is 6.54 Å². The van der Waals surface area contributed by atoms with Crippen LogP contribution in [-0.2, 0) is 13.0 Å². The third kappa shape index (κ3) is 12.2. The zero-order chi connectivity index (χ0) is 46.1. The first-order chi connectivity index (χ1) is 32.4. The lowest BCUT2D eigenvalue weighted by atomic mass is 9.91. The van der Waals surface area contributed by atoms with Gasteiger partial charge in [-0.2, -0.15) is 0 Å². The number of nitrogens with one attached hydrogen (secondary N) is 2. The van der Waals surface area contributed by atoms with Gasteiger partial charge in [0, 0.05) is 17.9 Å². The highest BCUT2D eigenvalue weighted by Gasteiger charge is 2.28. The Kier molecular flexibility index (Phi) is 16.5. The summed E-state index contributed by atoms with van der Waals surface area (Å²) in [6, 6.07) is 80.8. The van der Waals surface area contributed by atoms with Crippen LogP contribution in [-0.4, -0.2) is 0 Å². The quantitative estimate of drug-likeness (QED) is 0.115. The summed E-state index contributed by atoms with van der Waals surface area (Å²) in [6.07, 6.45) is 0.843. The number of anilines is 2. The molecule has 4 nitrogen and oxygen atoms in total. The van der Waals surface area contributed by atoms with Gasteiger partial charge in [-0.05, 0) is 128 Å². The molecule has 1 aliphatic heterocycles. The van der Waals surface area contributed by atoms with Crippen LogP contribution >= 0.6 is 0 Å². The number of hydrogen-bond donors (Lipinski definition) is 4. The molecule has 0 saturated heterocycles. The molecule has 0 saturated carbocycles.